The van der Waals surface area contributed by atoms with Crippen LogP contribution in [-0.4, -0.2) is 12.5 Å². The average Bonchev–Trinajstić information content (AvgIpc) is 2.48. The molecule has 2 aromatic rings. The lowest BCUT2D eigenvalue weighted by Gasteiger charge is -2.18. The third-order valence-electron chi connectivity index (χ3n) is 3.41. The van der Waals surface area contributed by atoms with Crippen LogP contribution in [-0.2, 0) is 6.42 Å². The summed E-state index contributed by atoms with van der Waals surface area (Å²) >= 11 is 3.36. The average molecular weight is 331 g/mol. The lowest BCUT2D eigenvalue weighted by molar-refractivity contribution is 0.102. The van der Waals surface area contributed by atoms with E-state index in [0.29, 0.717) is 5.56 Å². The summed E-state index contributed by atoms with van der Waals surface area (Å²) in [6.45, 7) is 0.997. The van der Waals surface area contributed by atoms with Crippen molar-refractivity contribution in [2.24, 2.45) is 0 Å². The quantitative estimate of drug-likeness (QED) is 0.871. The second kappa shape index (κ2) is 5.67. The minimum atomic E-state index is -0.0896. The molecule has 0 unspecified atom stereocenters. The van der Waals surface area contributed by atoms with Crippen LogP contribution in [0.25, 0.3) is 0 Å². The number of hydrogen-bond acceptors (Lipinski definition) is 2. The van der Waals surface area contributed by atoms with Crippen LogP contribution in [0.15, 0.2) is 46.9 Å². The summed E-state index contributed by atoms with van der Waals surface area (Å²) in [6, 6.07) is 13.4. The van der Waals surface area contributed by atoms with E-state index in [1.807, 2.05) is 24.3 Å². The van der Waals surface area contributed by atoms with E-state index in [2.05, 4.69) is 32.6 Å². The third kappa shape index (κ3) is 2.85. The normalized spacial score (nSPS) is 13.2. The fourth-order valence-corrected chi connectivity index (χ4v) is 2.61. The molecule has 0 spiro atoms. The van der Waals surface area contributed by atoms with Crippen LogP contribution >= 0.6 is 15.9 Å². The first-order valence-corrected chi connectivity index (χ1v) is 7.45. The van der Waals surface area contributed by atoms with Crippen molar-refractivity contribution in [2.75, 3.05) is 17.2 Å². The predicted molar refractivity (Wildman–Crippen MR) is 85.3 cm³/mol. The van der Waals surface area contributed by atoms with Gasteiger partial charge < -0.3 is 10.6 Å². The van der Waals surface area contributed by atoms with Gasteiger partial charge in [0.25, 0.3) is 5.91 Å². The van der Waals surface area contributed by atoms with Crippen LogP contribution < -0.4 is 10.6 Å². The largest absolute Gasteiger partial charge is 0.385 e. The Morgan fingerprint density at radius 1 is 1.15 bits per heavy atom. The smallest absolute Gasteiger partial charge is 0.255 e. The Hall–Kier alpha value is -1.81. The van der Waals surface area contributed by atoms with E-state index < -0.39 is 0 Å². The molecular weight excluding hydrogens is 316 g/mol. The van der Waals surface area contributed by atoms with Gasteiger partial charge in [0, 0.05) is 28.0 Å². The van der Waals surface area contributed by atoms with Gasteiger partial charge in [-0.2, -0.15) is 0 Å². The van der Waals surface area contributed by atoms with E-state index in [0.717, 1.165) is 35.2 Å². The first-order chi connectivity index (χ1) is 9.72. The minimum absolute atomic E-state index is 0.0896. The minimum Gasteiger partial charge on any atom is -0.385 e. The molecule has 1 aliphatic heterocycles. The lowest BCUT2D eigenvalue weighted by Crippen LogP contribution is -2.14. The highest BCUT2D eigenvalue weighted by Crippen LogP contribution is 2.25. The Morgan fingerprint density at radius 2 is 1.95 bits per heavy atom. The molecular formula is C16H15BrN2O. The molecule has 0 bridgehead atoms. The number of fused-ring (bicyclic) bond motifs is 1. The number of carbonyl (C=O) groups excluding carboxylic acids is 1. The van der Waals surface area contributed by atoms with E-state index in [1.165, 1.54) is 5.56 Å². The molecule has 0 saturated carbocycles. The van der Waals surface area contributed by atoms with E-state index in [1.54, 1.807) is 12.1 Å². The number of carbonyl (C=O) groups is 1. The van der Waals surface area contributed by atoms with Gasteiger partial charge in [-0.05, 0) is 54.8 Å². The van der Waals surface area contributed by atoms with Crippen LogP contribution in [0.4, 0.5) is 11.4 Å². The Balaban J connectivity index is 1.77. The number of rotatable bonds is 2. The van der Waals surface area contributed by atoms with Crippen molar-refractivity contribution in [1.29, 1.82) is 0 Å². The highest BCUT2D eigenvalue weighted by Gasteiger charge is 2.11. The van der Waals surface area contributed by atoms with Crippen LogP contribution in [0, 0.1) is 0 Å². The molecule has 0 aliphatic carbocycles. The molecule has 2 aromatic carbocycles. The van der Waals surface area contributed by atoms with Gasteiger partial charge in [0.1, 0.15) is 0 Å². The first kappa shape index (κ1) is 13.2. The van der Waals surface area contributed by atoms with Crippen molar-refractivity contribution in [1.82, 2.24) is 0 Å². The topological polar surface area (TPSA) is 41.1 Å². The molecule has 4 heteroatoms. The molecule has 1 amide bonds. The number of hydrogen-bond donors (Lipinski definition) is 2. The lowest BCUT2D eigenvalue weighted by atomic mass is 10.0. The summed E-state index contributed by atoms with van der Waals surface area (Å²) in [5, 5.41) is 6.30. The first-order valence-electron chi connectivity index (χ1n) is 6.66. The Kier molecular flexibility index (Phi) is 3.74. The van der Waals surface area contributed by atoms with Crippen molar-refractivity contribution >= 4 is 33.2 Å². The van der Waals surface area contributed by atoms with Crippen molar-refractivity contribution in [3.8, 4) is 0 Å². The Labute approximate surface area is 126 Å². The van der Waals surface area contributed by atoms with Crippen molar-refractivity contribution < 1.29 is 4.79 Å². The molecule has 3 nitrogen and oxygen atoms in total. The summed E-state index contributed by atoms with van der Waals surface area (Å²) in [5.74, 6) is -0.0896. The van der Waals surface area contributed by atoms with Gasteiger partial charge in [0.15, 0.2) is 0 Å². The van der Waals surface area contributed by atoms with Crippen LogP contribution in [0.3, 0.4) is 0 Å². The standard InChI is InChI=1S/C16H15BrN2O/c17-13-6-3-12(4-7-13)16(20)19-14-8-5-11-2-1-9-18-15(11)10-14/h3-8,10,18H,1-2,9H2,(H,19,20). The second-order valence-electron chi connectivity index (χ2n) is 4.86. The molecule has 0 radical (unpaired) electrons. The van der Waals surface area contributed by atoms with Gasteiger partial charge in [-0.25, -0.2) is 0 Å². The zero-order valence-corrected chi connectivity index (χ0v) is 12.5. The van der Waals surface area contributed by atoms with Crippen molar-refractivity contribution in [3.63, 3.8) is 0 Å². The molecule has 1 heterocycles. The van der Waals surface area contributed by atoms with Gasteiger partial charge in [-0.1, -0.05) is 22.0 Å². The molecule has 3 rings (SSSR count). The maximum absolute atomic E-state index is 12.1. The predicted octanol–water partition coefficient (Wildman–Crippen LogP) is 4.06. The van der Waals surface area contributed by atoms with Crippen LogP contribution in [0.2, 0.25) is 0 Å². The number of benzene rings is 2. The molecule has 0 atom stereocenters. The molecule has 20 heavy (non-hydrogen) atoms. The number of nitrogens with one attached hydrogen (secondary N) is 2. The summed E-state index contributed by atoms with van der Waals surface area (Å²) in [7, 11) is 0. The fourth-order valence-electron chi connectivity index (χ4n) is 2.34. The molecule has 2 N–H and O–H groups in total. The third-order valence-corrected chi connectivity index (χ3v) is 3.94. The number of aryl methyl sites for hydroxylation is 1. The van der Waals surface area contributed by atoms with Gasteiger partial charge in [0.2, 0.25) is 0 Å². The monoisotopic (exact) mass is 330 g/mol. The maximum atomic E-state index is 12.1. The molecule has 1 aliphatic rings. The zero-order chi connectivity index (χ0) is 13.9. The van der Waals surface area contributed by atoms with E-state index in [-0.39, 0.29) is 5.91 Å². The van der Waals surface area contributed by atoms with Crippen LogP contribution in [0.5, 0.6) is 0 Å². The van der Waals surface area contributed by atoms with Gasteiger partial charge in [-0.3, -0.25) is 4.79 Å². The SMILES string of the molecule is O=C(Nc1ccc2c(c1)NCCC2)c1ccc(Br)cc1. The van der Waals surface area contributed by atoms with E-state index >= 15 is 0 Å². The number of halogens is 1. The van der Waals surface area contributed by atoms with E-state index in [4.69, 9.17) is 0 Å². The van der Waals surface area contributed by atoms with Crippen molar-refractivity contribution in [2.45, 2.75) is 12.8 Å². The van der Waals surface area contributed by atoms with Gasteiger partial charge in [0.05, 0.1) is 0 Å². The summed E-state index contributed by atoms with van der Waals surface area (Å²) < 4.78 is 0.965. The van der Waals surface area contributed by atoms with Gasteiger partial charge in [-0.15, -0.1) is 0 Å². The fraction of sp³-hybridized carbons (Fsp3) is 0.188. The molecule has 0 saturated heterocycles. The Morgan fingerprint density at radius 3 is 2.75 bits per heavy atom. The highest BCUT2D eigenvalue weighted by molar-refractivity contribution is 9.10. The summed E-state index contributed by atoms with van der Waals surface area (Å²) in [4.78, 5) is 12.1. The molecule has 0 aromatic heterocycles. The summed E-state index contributed by atoms with van der Waals surface area (Å²) in [5.41, 5.74) is 3.92. The number of anilines is 2. The summed E-state index contributed by atoms with van der Waals surface area (Å²) in [6.07, 6.45) is 2.26. The second-order valence-corrected chi connectivity index (χ2v) is 5.78. The zero-order valence-electron chi connectivity index (χ0n) is 10.9. The highest BCUT2D eigenvalue weighted by atomic mass is 79.9. The number of amides is 1. The van der Waals surface area contributed by atoms with Gasteiger partial charge >= 0.3 is 0 Å². The van der Waals surface area contributed by atoms with Crippen LogP contribution in [0.1, 0.15) is 22.3 Å². The molecule has 102 valence electrons. The Bertz CT molecular complexity index is 637. The van der Waals surface area contributed by atoms with E-state index in [9.17, 15) is 4.79 Å². The molecule has 0 fully saturated rings. The van der Waals surface area contributed by atoms with Crippen molar-refractivity contribution in [3.05, 3.63) is 58.1 Å². The maximum Gasteiger partial charge on any atom is 0.255 e.